The molecule has 0 saturated heterocycles. The molecule has 0 aliphatic rings. The zero-order valence-corrected chi connectivity index (χ0v) is 9.76. The zero-order valence-electron chi connectivity index (χ0n) is 7.42. The van der Waals surface area contributed by atoms with Crippen LogP contribution in [0.4, 0.5) is 10.3 Å². The Morgan fingerprint density at radius 2 is 2.20 bits per heavy atom. The van der Waals surface area contributed by atoms with Gasteiger partial charge in [0.25, 0.3) is 0 Å². The van der Waals surface area contributed by atoms with Crippen molar-refractivity contribution < 1.29 is 4.39 Å². The van der Waals surface area contributed by atoms with E-state index < -0.39 is 5.82 Å². The third-order valence-corrected chi connectivity index (χ3v) is 2.78. The number of nitrogens with zero attached hydrogens (tertiary/aromatic N) is 2. The molecule has 1 aromatic heterocycles. The van der Waals surface area contributed by atoms with Gasteiger partial charge < -0.3 is 5.73 Å². The Morgan fingerprint density at radius 3 is 2.73 bits per heavy atom. The van der Waals surface area contributed by atoms with E-state index >= 15 is 0 Å². The maximum absolute atomic E-state index is 13.0. The summed E-state index contributed by atoms with van der Waals surface area (Å²) in [6.07, 6.45) is 3.20. The fourth-order valence-corrected chi connectivity index (χ4v) is 2.30. The van der Waals surface area contributed by atoms with Gasteiger partial charge >= 0.3 is 0 Å². The first-order valence-electron chi connectivity index (χ1n) is 4.03. The molecule has 0 bridgehead atoms. The minimum atomic E-state index is -0.408. The molecule has 2 aromatic rings. The molecule has 0 saturated carbocycles. The lowest BCUT2D eigenvalue weighted by Crippen LogP contribution is -2.01. The van der Waals surface area contributed by atoms with Crippen LogP contribution in [0, 0.1) is 5.82 Å². The van der Waals surface area contributed by atoms with Crippen LogP contribution in [-0.2, 0) is 0 Å². The second-order valence-corrected chi connectivity index (χ2v) is 4.14. The molecule has 0 radical (unpaired) electrons. The third kappa shape index (κ3) is 1.85. The van der Waals surface area contributed by atoms with Crippen molar-refractivity contribution in [2.45, 2.75) is 0 Å². The van der Waals surface area contributed by atoms with Crippen molar-refractivity contribution in [3.8, 4) is 5.69 Å². The predicted octanol–water partition coefficient (Wildman–Crippen LogP) is 3.01. The van der Waals surface area contributed by atoms with E-state index in [1.807, 2.05) is 0 Å². The lowest BCUT2D eigenvalue weighted by Gasteiger charge is -2.09. The Hall–Kier alpha value is -1.07. The van der Waals surface area contributed by atoms with Crippen molar-refractivity contribution in [1.82, 2.24) is 9.55 Å². The number of hydrogen-bond donors (Lipinski definition) is 1. The number of nitrogens with two attached hydrogens (primary N) is 1. The average Bonchev–Trinajstić information content (AvgIpc) is 2.50. The number of hydrogen-bond acceptors (Lipinski definition) is 2. The highest BCUT2D eigenvalue weighted by Crippen LogP contribution is 2.31. The van der Waals surface area contributed by atoms with E-state index in [4.69, 9.17) is 17.3 Å². The van der Waals surface area contributed by atoms with Crippen LogP contribution in [0.3, 0.4) is 0 Å². The molecule has 0 amide bonds. The summed E-state index contributed by atoms with van der Waals surface area (Å²) in [5, 5.41) is 0.270. The molecule has 0 aliphatic carbocycles. The summed E-state index contributed by atoms with van der Waals surface area (Å²) in [6, 6.07) is 2.54. The van der Waals surface area contributed by atoms with Gasteiger partial charge in [-0.25, -0.2) is 9.37 Å². The summed E-state index contributed by atoms with van der Waals surface area (Å²) in [4.78, 5) is 3.87. The summed E-state index contributed by atoms with van der Waals surface area (Å²) < 4.78 is 15.1. The van der Waals surface area contributed by atoms with Crippen LogP contribution in [0.15, 0.2) is 29.0 Å². The van der Waals surface area contributed by atoms with Gasteiger partial charge in [0.2, 0.25) is 5.95 Å². The van der Waals surface area contributed by atoms with Gasteiger partial charge in [0.1, 0.15) is 5.82 Å². The molecular formula is C9H6BrClFN3. The smallest absolute Gasteiger partial charge is 0.204 e. The van der Waals surface area contributed by atoms with Gasteiger partial charge in [0.15, 0.2) is 0 Å². The molecule has 2 N–H and O–H groups in total. The van der Waals surface area contributed by atoms with Gasteiger partial charge in [-0.2, -0.15) is 0 Å². The Labute approximate surface area is 98.8 Å². The van der Waals surface area contributed by atoms with E-state index in [1.165, 1.54) is 12.1 Å². The van der Waals surface area contributed by atoms with Gasteiger partial charge in [0.05, 0.1) is 10.7 Å². The summed E-state index contributed by atoms with van der Waals surface area (Å²) in [7, 11) is 0. The lowest BCUT2D eigenvalue weighted by molar-refractivity contribution is 0.626. The van der Waals surface area contributed by atoms with Gasteiger partial charge in [-0.1, -0.05) is 11.6 Å². The molecule has 2 rings (SSSR count). The molecule has 78 valence electrons. The maximum atomic E-state index is 13.0. The maximum Gasteiger partial charge on any atom is 0.204 e. The molecular weight excluding hydrogens is 284 g/mol. The second kappa shape index (κ2) is 3.83. The van der Waals surface area contributed by atoms with E-state index in [9.17, 15) is 4.39 Å². The van der Waals surface area contributed by atoms with Crippen LogP contribution in [0.5, 0.6) is 0 Å². The van der Waals surface area contributed by atoms with Crippen molar-refractivity contribution >= 4 is 33.5 Å². The normalized spacial score (nSPS) is 10.6. The molecule has 0 unspecified atom stereocenters. The van der Waals surface area contributed by atoms with Crippen LogP contribution in [0.2, 0.25) is 5.02 Å². The van der Waals surface area contributed by atoms with Crippen LogP contribution in [0.25, 0.3) is 5.69 Å². The number of halogens is 3. The minimum absolute atomic E-state index is 0.270. The van der Waals surface area contributed by atoms with E-state index in [-0.39, 0.29) is 5.02 Å². The van der Waals surface area contributed by atoms with E-state index in [1.54, 1.807) is 17.0 Å². The fraction of sp³-hybridized carbons (Fsp3) is 0. The standard InChI is InChI=1S/C9H6BrClFN3/c10-6-3-5(12)4-7(11)8(6)15-2-1-14-9(15)13/h1-4H,(H2,13,14). The number of benzene rings is 1. The highest BCUT2D eigenvalue weighted by molar-refractivity contribution is 9.10. The first-order valence-corrected chi connectivity index (χ1v) is 5.20. The molecule has 0 atom stereocenters. The Morgan fingerprint density at radius 1 is 1.47 bits per heavy atom. The summed E-state index contributed by atoms with van der Waals surface area (Å²) in [5.74, 6) is -0.112. The first kappa shape index (κ1) is 10.4. The first-order chi connectivity index (χ1) is 7.09. The predicted molar refractivity (Wildman–Crippen MR) is 60.6 cm³/mol. The topological polar surface area (TPSA) is 43.8 Å². The van der Waals surface area contributed by atoms with Crippen molar-refractivity contribution in [1.29, 1.82) is 0 Å². The number of nitrogen functional groups attached to an aromatic ring is 1. The summed E-state index contributed by atoms with van der Waals surface area (Å²) in [6.45, 7) is 0. The second-order valence-electron chi connectivity index (χ2n) is 2.87. The summed E-state index contributed by atoms with van der Waals surface area (Å²) >= 11 is 9.15. The molecule has 1 heterocycles. The third-order valence-electron chi connectivity index (χ3n) is 1.89. The van der Waals surface area contributed by atoms with Gasteiger partial charge in [-0.05, 0) is 28.1 Å². The van der Waals surface area contributed by atoms with Crippen molar-refractivity contribution in [3.63, 3.8) is 0 Å². The molecule has 0 spiro atoms. The molecule has 15 heavy (non-hydrogen) atoms. The van der Waals surface area contributed by atoms with Gasteiger partial charge in [-0.3, -0.25) is 4.57 Å². The molecule has 0 aliphatic heterocycles. The number of aromatic nitrogens is 2. The SMILES string of the molecule is Nc1nccn1-c1c(Cl)cc(F)cc1Br. The average molecular weight is 291 g/mol. The van der Waals surface area contributed by atoms with Gasteiger partial charge in [0, 0.05) is 16.9 Å². The van der Waals surface area contributed by atoms with Gasteiger partial charge in [-0.15, -0.1) is 0 Å². The van der Waals surface area contributed by atoms with Crippen LogP contribution < -0.4 is 5.73 Å². The quantitative estimate of drug-likeness (QED) is 0.877. The van der Waals surface area contributed by atoms with Crippen LogP contribution in [0.1, 0.15) is 0 Å². The molecule has 6 heteroatoms. The van der Waals surface area contributed by atoms with Crippen LogP contribution >= 0.6 is 27.5 Å². The highest BCUT2D eigenvalue weighted by Gasteiger charge is 2.11. The minimum Gasteiger partial charge on any atom is -0.369 e. The molecule has 0 fully saturated rings. The fourth-order valence-electron chi connectivity index (χ4n) is 1.27. The van der Waals surface area contributed by atoms with Crippen molar-refractivity contribution in [2.75, 3.05) is 5.73 Å². The van der Waals surface area contributed by atoms with E-state index in [0.717, 1.165) is 0 Å². The number of anilines is 1. The number of rotatable bonds is 1. The van der Waals surface area contributed by atoms with Crippen molar-refractivity contribution in [3.05, 3.63) is 39.8 Å². The monoisotopic (exact) mass is 289 g/mol. The Bertz CT molecular complexity index is 489. The Balaban J connectivity index is 2.68. The molecule has 1 aromatic carbocycles. The highest BCUT2D eigenvalue weighted by atomic mass is 79.9. The summed E-state index contributed by atoms with van der Waals surface area (Å²) in [5.41, 5.74) is 6.20. The van der Waals surface area contributed by atoms with Crippen molar-refractivity contribution in [2.24, 2.45) is 0 Å². The van der Waals surface area contributed by atoms with E-state index in [2.05, 4.69) is 20.9 Å². The van der Waals surface area contributed by atoms with Crippen LogP contribution in [-0.4, -0.2) is 9.55 Å². The largest absolute Gasteiger partial charge is 0.369 e. The molecule has 3 nitrogen and oxygen atoms in total. The van der Waals surface area contributed by atoms with E-state index in [0.29, 0.717) is 16.1 Å². The number of imidazole rings is 1. The zero-order chi connectivity index (χ0) is 11.0. The lowest BCUT2D eigenvalue weighted by atomic mass is 10.3. The Kier molecular flexibility index (Phi) is 2.67.